The molecule has 1 aliphatic rings. The third-order valence-electron chi connectivity index (χ3n) is 3.60. The molecule has 0 bridgehead atoms. The average Bonchev–Trinajstić information content (AvgIpc) is 2.95. The van der Waals surface area contributed by atoms with Gasteiger partial charge in [0.2, 0.25) is 11.8 Å². The molecule has 24 heavy (non-hydrogen) atoms. The summed E-state index contributed by atoms with van der Waals surface area (Å²) in [6.07, 6.45) is 1.51. The fraction of sp³-hybridized carbons (Fsp3) is 0.375. The maximum absolute atomic E-state index is 11.7. The third kappa shape index (κ3) is 4.55. The van der Waals surface area contributed by atoms with Crippen molar-refractivity contribution in [2.45, 2.75) is 26.7 Å². The highest BCUT2D eigenvalue weighted by molar-refractivity contribution is 6.11. The van der Waals surface area contributed by atoms with Crippen LogP contribution in [0.4, 0.5) is 5.69 Å². The molecule has 0 aliphatic carbocycles. The van der Waals surface area contributed by atoms with E-state index in [0.717, 1.165) is 18.8 Å². The van der Waals surface area contributed by atoms with E-state index in [0.29, 0.717) is 11.3 Å². The zero-order chi connectivity index (χ0) is 17.5. The molecule has 0 atom stereocenters. The second-order valence-corrected chi connectivity index (χ2v) is 5.28. The number of benzene rings is 1. The highest BCUT2D eigenvalue weighted by Crippen LogP contribution is 2.23. The van der Waals surface area contributed by atoms with Crippen LogP contribution in [-0.2, 0) is 9.59 Å². The van der Waals surface area contributed by atoms with E-state index >= 15 is 0 Å². The Hall–Kier alpha value is -2.90. The Bertz CT molecular complexity index is 680. The van der Waals surface area contributed by atoms with Crippen LogP contribution in [0.15, 0.2) is 28.4 Å². The zero-order valence-electron chi connectivity index (χ0n) is 13.7. The summed E-state index contributed by atoms with van der Waals surface area (Å²) in [5.41, 5.74) is 6.53. The lowest BCUT2D eigenvalue weighted by Gasteiger charge is -2.21. The molecular weight excluding hydrogens is 310 g/mol. The van der Waals surface area contributed by atoms with E-state index in [1.165, 1.54) is 6.21 Å². The Morgan fingerprint density at radius 1 is 1.46 bits per heavy atom. The molecule has 1 aromatic carbocycles. The summed E-state index contributed by atoms with van der Waals surface area (Å²) in [5.74, 6) is -0.507. The molecule has 0 spiro atoms. The van der Waals surface area contributed by atoms with Crippen LogP contribution in [0.2, 0.25) is 0 Å². The fourth-order valence-corrected chi connectivity index (χ4v) is 2.33. The first kappa shape index (κ1) is 17.5. The van der Waals surface area contributed by atoms with E-state index in [9.17, 15) is 14.7 Å². The van der Waals surface area contributed by atoms with Crippen LogP contribution in [-0.4, -0.2) is 41.9 Å². The number of carbonyl (C=O) groups is 2. The van der Waals surface area contributed by atoms with Crippen LogP contribution in [0.5, 0.6) is 5.75 Å². The number of amides is 2. The molecule has 0 saturated heterocycles. The van der Waals surface area contributed by atoms with Crippen molar-refractivity contribution in [1.82, 2.24) is 10.9 Å². The summed E-state index contributed by atoms with van der Waals surface area (Å²) in [5, 5.41) is 17.6. The Morgan fingerprint density at radius 3 is 2.79 bits per heavy atom. The van der Waals surface area contributed by atoms with Gasteiger partial charge in [-0.3, -0.25) is 9.59 Å². The minimum Gasteiger partial charge on any atom is -0.507 e. The normalized spacial score (nSPS) is 13.8. The van der Waals surface area contributed by atoms with Crippen molar-refractivity contribution in [3.63, 3.8) is 0 Å². The van der Waals surface area contributed by atoms with Crippen LogP contribution < -0.4 is 15.8 Å². The van der Waals surface area contributed by atoms with Gasteiger partial charge in [0, 0.05) is 30.4 Å². The van der Waals surface area contributed by atoms with Crippen molar-refractivity contribution in [2.75, 3.05) is 18.0 Å². The number of rotatable bonds is 7. The fourth-order valence-electron chi connectivity index (χ4n) is 2.33. The van der Waals surface area contributed by atoms with E-state index in [4.69, 9.17) is 0 Å². The molecule has 8 heteroatoms. The second-order valence-electron chi connectivity index (χ2n) is 5.28. The van der Waals surface area contributed by atoms with Gasteiger partial charge in [-0.05, 0) is 26.0 Å². The maximum atomic E-state index is 11.7. The Labute approximate surface area is 140 Å². The molecule has 0 unspecified atom stereocenters. The number of hydrogen-bond acceptors (Lipinski definition) is 6. The smallest absolute Gasteiger partial charge is 0.245 e. The monoisotopic (exact) mass is 331 g/mol. The second kappa shape index (κ2) is 8.09. The predicted molar refractivity (Wildman–Crippen MR) is 92.2 cm³/mol. The molecule has 2 amide bonds. The number of phenolic OH excluding ortho intramolecular Hbond substituents is 1. The molecule has 1 aliphatic heterocycles. The van der Waals surface area contributed by atoms with Crippen LogP contribution in [0, 0.1) is 0 Å². The average molecular weight is 331 g/mol. The van der Waals surface area contributed by atoms with Gasteiger partial charge >= 0.3 is 0 Å². The minimum absolute atomic E-state index is 0.00294. The van der Waals surface area contributed by atoms with Gasteiger partial charge < -0.3 is 10.0 Å². The van der Waals surface area contributed by atoms with Gasteiger partial charge in [0.25, 0.3) is 0 Å². The summed E-state index contributed by atoms with van der Waals surface area (Å²) in [6, 6.07) is 5.30. The van der Waals surface area contributed by atoms with Crippen molar-refractivity contribution >= 4 is 29.4 Å². The number of carbonyl (C=O) groups excluding carboxylic acids is 2. The highest BCUT2D eigenvalue weighted by atomic mass is 16.3. The lowest BCUT2D eigenvalue weighted by Crippen LogP contribution is -2.21. The molecule has 0 saturated carbocycles. The summed E-state index contributed by atoms with van der Waals surface area (Å²) in [7, 11) is 0. The number of nitrogens with zero attached hydrogens (tertiary/aromatic N) is 3. The van der Waals surface area contributed by atoms with Crippen molar-refractivity contribution in [1.29, 1.82) is 0 Å². The summed E-state index contributed by atoms with van der Waals surface area (Å²) in [6.45, 7) is 5.79. The maximum Gasteiger partial charge on any atom is 0.245 e. The first-order valence-corrected chi connectivity index (χ1v) is 7.77. The van der Waals surface area contributed by atoms with Crippen molar-refractivity contribution in [3.8, 4) is 5.75 Å². The third-order valence-corrected chi connectivity index (χ3v) is 3.60. The van der Waals surface area contributed by atoms with Crippen LogP contribution in [0.3, 0.4) is 0 Å². The molecule has 2 rings (SSSR count). The Balaban J connectivity index is 1.92. The number of phenols is 1. The molecule has 3 N–H and O–H groups in total. The quantitative estimate of drug-likeness (QED) is 0.511. The number of aromatic hydroxyl groups is 1. The first-order chi connectivity index (χ1) is 11.5. The first-order valence-electron chi connectivity index (χ1n) is 7.77. The van der Waals surface area contributed by atoms with Crippen molar-refractivity contribution in [3.05, 3.63) is 23.8 Å². The van der Waals surface area contributed by atoms with Crippen LogP contribution >= 0.6 is 0 Å². The van der Waals surface area contributed by atoms with Gasteiger partial charge in [-0.2, -0.15) is 10.2 Å². The molecule has 8 nitrogen and oxygen atoms in total. The van der Waals surface area contributed by atoms with E-state index in [-0.39, 0.29) is 30.4 Å². The van der Waals surface area contributed by atoms with Crippen molar-refractivity contribution in [2.24, 2.45) is 10.2 Å². The minimum atomic E-state index is -0.374. The van der Waals surface area contributed by atoms with Gasteiger partial charge in [-0.1, -0.05) is 0 Å². The van der Waals surface area contributed by atoms with E-state index in [1.807, 2.05) is 19.9 Å². The van der Waals surface area contributed by atoms with E-state index in [1.54, 1.807) is 12.1 Å². The zero-order valence-corrected chi connectivity index (χ0v) is 13.7. The summed E-state index contributed by atoms with van der Waals surface area (Å²) >= 11 is 0. The van der Waals surface area contributed by atoms with E-state index < -0.39 is 0 Å². The van der Waals surface area contributed by atoms with E-state index in [2.05, 4.69) is 26.0 Å². The molecule has 0 fully saturated rings. The van der Waals surface area contributed by atoms with Gasteiger partial charge in [-0.25, -0.2) is 10.9 Å². The molecule has 0 aromatic heterocycles. The molecule has 1 aromatic rings. The largest absolute Gasteiger partial charge is 0.507 e. The van der Waals surface area contributed by atoms with Gasteiger partial charge in [0.15, 0.2) is 0 Å². The SMILES string of the molecule is CCN(CC)c1ccc(C=NNC(=O)CC2=NNC(=O)C2)c(O)c1. The number of hydrogen-bond donors (Lipinski definition) is 3. The van der Waals surface area contributed by atoms with Crippen molar-refractivity contribution < 1.29 is 14.7 Å². The molecule has 1 heterocycles. The standard InChI is InChI=1S/C16H21N5O3/c1-3-21(4-2)13-6-5-11(14(22)9-13)10-17-19-15(23)7-12-8-16(24)20-18-12/h5-6,9-10,22H,3-4,7-8H2,1-2H3,(H,19,23)(H,20,24). The topological polar surface area (TPSA) is 106 Å². The summed E-state index contributed by atoms with van der Waals surface area (Å²) < 4.78 is 0. The van der Waals surface area contributed by atoms with Crippen LogP contribution in [0.25, 0.3) is 0 Å². The molecule has 128 valence electrons. The van der Waals surface area contributed by atoms with Gasteiger partial charge in [0.05, 0.1) is 24.8 Å². The highest BCUT2D eigenvalue weighted by Gasteiger charge is 2.17. The predicted octanol–water partition coefficient (Wildman–Crippen LogP) is 0.954. The lowest BCUT2D eigenvalue weighted by molar-refractivity contribution is -0.119. The van der Waals surface area contributed by atoms with Gasteiger partial charge in [0.1, 0.15) is 5.75 Å². The number of anilines is 1. The number of hydrazone groups is 2. The Morgan fingerprint density at radius 2 is 2.21 bits per heavy atom. The van der Waals surface area contributed by atoms with Gasteiger partial charge in [-0.15, -0.1) is 0 Å². The lowest BCUT2D eigenvalue weighted by atomic mass is 10.2. The molecular formula is C16H21N5O3. The number of nitrogens with one attached hydrogen (secondary N) is 2. The summed E-state index contributed by atoms with van der Waals surface area (Å²) in [4.78, 5) is 24.8. The Kier molecular flexibility index (Phi) is 5.89. The molecule has 0 radical (unpaired) electrons. The van der Waals surface area contributed by atoms with Crippen LogP contribution in [0.1, 0.15) is 32.3 Å².